The number of aliphatic hydroxyl groups excluding tert-OH is 1. The van der Waals surface area contributed by atoms with Gasteiger partial charge in [-0.2, -0.15) is 0 Å². The van der Waals surface area contributed by atoms with Gasteiger partial charge < -0.3 is 14.6 Å². The van der Waals surface area contributed by atoms with Crippen LogP contribution >= 0.6 is 0 Å². The van der Waals surface area contributed by atoms with Crippen LogP contribution in [0.1, 0.15) is 25.7 Å². The molecule has 0 aromatic heterocycles. The number of aliphatic hydroxyl groups is 1. The van der Waals surface area contributed by atoms with Crippen molar-refractivity contribution in [2.24, 2.45) is 11.8 Å². The summed E-state index contributed by atoms with van der Waals surface area (Å²) in [7, 11) is 0. The van der Waals surface area contributed by atoms with Crippen molar-refractivity contribution >= 4 is 0 Å². The van der Waals surface area contributed by atoms with Gasteiger partial charge in [-0.3, -0.25) is 0 Å². The molecule has 0 aromatic carbocycles. The molecule has 3 aliphatic rings. The molecule has 74 valence electrons. The summed E-state index contributed by atoms with van der Waals surface area (Å²) in [6, 6.07) is 0. The van der Waals surface area contributed by atoms with Crippen LogP contribution in [0.25, 0.3) is 0 Å². The minimum absolute atomic E-state index is 0.115. The molecule has 0 aromatic rings. The van der Waals surface area contributed by atoms with Crippen molar-refractivity contribution < 1.29 is 14.6 Å². The molecule has 3 rings (SSSR count). The van der Waals surface area contributed by atoms with Crippen molar-refractivity contribution in [1.82, 2.24) is 0 Å². The molecule has 2 saturated carbocycles. The highest BCUT2D eigenvalue weighted by Gasteiger charge is 2.57. The van der Waals surface area contributed by atoms with Crippen molar-refractivity contribution in [2.75, 3.05) is 13.2 Å². The molecular weight excluding hydrogens is 168 g/mol. The second kappa shape index (κ2) is 2.69. The molecule has 2 aliphatic carbocycles. The van der Waals surface area contributed by atoms with Gasteiger partial charge in [-0.25, -0.2) is 0 Å². The first kappa shape index (κ1) is 8.21. The maximum absolute atomic E-state index is 9.62. The van der Waals surface area contributed by atoms with E-state index in [0.717, 1.165) is 26.1 Å². The molecule has 1 heterocycles. The average molecular weight is 184 g/mol. The zero-order valence-electron chi connectivity index (χ0n) is 7.74. The Labute approximate surface area is 78.0 Å². The first-order valence-corrected chi connectivity index (χ1v) is 5.27. The lowest BCUT2D eigenvalue weighted by atomic mass is 9.81. The van der Waals surface area contributed by atoms with Crippen LogP contribution in [0.2, 0.25) is 0 Å². The van der Waals surface area contributed by atoms with Gasteiger partial charge in [-0.15, -0.1) is 0 Å². The molecule has 0 radical (unpaired) electrons. The first-order valence-electron chi connectivity index (χ1n) is 5.27. The molecule has 1 aliphatic heterocycles. The number of hydrogen-bond donors (Lipinski definition) is 1. The summed E-state index contributed by atoms with van der Waals surface area (Å²) in [4.78, 5) is 0. The van der Waals surface area contributed by atoms with Crippen LogP contribution in [0, 0.1) is 11.8 Å². The summed E-state index contributed by atoms with van der Waals surface area (Å²) in [5.41, 5.74) is 0. The Balaban J connectivity index is 1.89. The highest BCUT2D eigenvalue weighted by molar-refractivity contribution is 5.00. The van der Waals surface area contributed by atoms with Gasteiger partial charge in [0.1, 0.15) is 0 Å². The summed E-state index contributed by atoms with van der Waals surface area (Å²) in [5, 5.41) is 9.62. The molecule has 13 heavy (non-hydrogen) atoms. The molecule has 0 unspecified atom stereocenters. The second-order valence-corrected chi connectivity index (χ2v) is 4.51. The summed E-state index contributed by atoms with van der Waals surface area (Å²) in [6.07, 6.45) is 3.96. The van der Waals surface area contributed by atoms with E-state index in [4.69, 9.17) is 9.47 Å². The minimum Gasteiger partial charge on any atom is -0.393 e. The average Bonchev–Trinajstić information content (AvgIpc) is 2.63. The molecule has 0 amide bonds. The van der Waals surface area contributed by atoms with Crippen LogP contribution in [0.3, 0.4) is 0 Å². The van der Waals surface area contributed by atoms with Crippen molar-refractivity contribution in [2.45, 2.75) is 37.6 Å². The highest BCUT2D eigenvalue weighted by Crippen LogP contribution is 2.53. The maximum Gasteiger partial charge on any atom is 0.174 e. The van der Waals surface area contributed by atoms with Gasteiger partial charge >= 0.3 is 0 Å². The SMILES string of the molecule is O[C@H]1C[C@H]2CC[C@@H](C1)C21OCCO1. The third kappa shape index (κ3) is 1.01. The molecule has 3 fully saturated rings. The van der Waals surface area contributed by atoms with Crippen molar-refractivity contribution in [3.63, 3.8) is 0 Å². The zero-order valence-corrected chi connectivity index (χ0v) is 7.74. The monoisotopic (exact) mass is 184 g/mol. The van der Waals surface area contributed by atoms with Crippen molar-refractivity contribution in [3.05, 3.63) is 0 Å². The van der Waals surface area contributed by atoms with Gasteiger partial charge in [0.15, 0.2) is 5.79 Å². The first-order chi connectivity index (χ1) is 6.31. The van der Waals surface area contributed by atoms with Crippen LogP contribution in [0.4, 0.5) is 0 Å². The van der Waals surface area contributed by atoms with Crippen LogP contribution in [-0.2, 0) is 9.47 Å². The Morgan fingerprint density at radius 3 is 2.08 bits per heavy atom. The van der Waals surface area contributed by atoms with E-state index in [0.29, 0.717) is 11.8 Å². The van der Waals surface area contributed by atoms with Crippen molar-refractivity contribution in [1.29, 1.82) is 0 Å². The summed E-state index contributed by atoms with van der Waals surface area (Å²) >= 11 is 0. The Bertz CT molecular complexity index is 194. The van der Waals surface area contributed by atoms with E-state index in [9.17, 15) is 5.11 Å². The largest absolute Gasteiger partial charge is 0.393 e. The topological polar surface area (TPSA) is 38.7 Å². The highest BCUT2D eigenvalue weighted by atomic mass is 16.7. The second-order valence-electron chi connectivity index (χ2n) is 4.51. The quantitative estimate of drug-likeness (QED) is 0.608. The van der Waals surface area contributed by atoms with Crippen LogP contribution in [0.15, 0.2) is 0 Å². The van der Waals surface area contributed by atoms with Gasteiger partial charge in [0.05, 0.1) is 19.3 Å². The third-order valence-electron chi connectivity index (χ3n) is 3.85. The van der Waals surface area contributed by atoms with E-state index in [-0.39, 0.29) is 11.9 Å². The van der Waals surface area contributed by atoms with Crippen LogP contribution < -0.4 is 0 Å². The molecule has 3 atom stereocenters. The predicted molar refractivity (Wildman–Crippen MR) is 46.1 cm³/mol. The van der Waals surface area contributed by atoms with E-state index in [1.807, 2.05) is 0 Å². The lowest BCUT2D eigenvalue weighted by Crippen LogP contribution is -2.47. The smallest absolute Gasteiger partial charge is 0.174 e. The molecule has 3 nitrogen and oxygen atoms in total. The van der Waals surface area contributed by atoms with Gasteiger partial charge in [0, 0.05) is 11.8 Å². The molecule has 2 bridgehead atoms. The van der Waals surface area contributed by atoms with E-state index >= 15 is 0 Å². The molecule has 1 spiro atoms. The lowest BCUT2D eigenvalue weighted by Gasteiger charge is -2.40. The Kier molecular flexibility index (Phi) is 1.70. The van der Waals surface area contributed by atoms with E-state index in [1.54, 1.807) is 0 Å². The number of ether oxygens (including phenoxy) is 2. The van der Waals surface area contributed by atoms with Crippen molar-refractivity contribution in [3.8, 4) is 0 Å². The summed E-state index contributed by atoms with van der Waals surface area (Å²) < 4.78 is 11.6. The predicted octanol–water partition coefficient (Wildman–Crippen LogP) is 0.910. The van der Waals surface area contributed by atoms with Gasteiger partial charge in [0.2, 0.25) is 0 Å². The number of hydrogen-bond acceptors (Lipinski definition) is 3. The van der Waals surface area contributed by atoms with E-state index in [2.05, 4.69) is 0 Å². The summed E-state index contributed by atoms with van der Waals surface area (Å²) in [6.45, 7) is 1.48. The standard InChI is InChI=1S/C10H16O3/c11-9-5-7-1-2-8(6-9)10(7)12-3-4-13-10/h7-9,11H,1-6H2/t7-,8+,9+. The minimum atomic E-state index is -0.279. The lowest BCUT2D eigenvalue weighted by molar-refractivity contribution is -0.233. The maximum atomic E-state index is 9.62. The fourth-order valence-corrected chi connectivity index (χ4v) is 3.37. The van der Waals surface area contributed by atoms with Crippen LogP contribution in [0.5, 0.6) is 0 Å². The fourth-order valence-electron chi connectivity index (χ4n) is 3.37. The fraction of sp³-hybridized carbons (Fsp3) is 1.00. The van der Waals surface area contributed by atoms with E-state index in [1.165, 1.54) is 12.8 Å². The Hall–Kier alpha value is -0.120. The van der Waals surface area contributed by atoms with Gasteiger partial charge in [-0.1, -0.05) is 0 Å². The normalized spacial score (nSPS) is 47.3. The molecule has 3 heteroatoms. The molecule has 1 saturated heterocycles. The van der Waals surface area contributed by atoms with Gasteiger partial charge in [0.25, 0.3) is 0 Å². The summed E-state index contributed by atoms with van der Waals surface area (Å²) in [5.74, 6) is 0.617. The Morgan fingerprint density at radius 1 is 1.00 bits per heavy atom. The number of rotatable bonds is 0. The van der Waals surface area contributed by atoms with E-state index < -0.39 is 0 Å². The molecular formula is C10H16O3. The van der Waals surface area contributed by atoms with Gasteiger partial charge in [-0.05, 0) is 25.7 Å². The molecule has 1 N–H and O–H groups in total. The van der Waals surface area contributed by atoms with Crippen LogP contribution in [-0.4, -0.2) is 30.2 Å². The Morgan fingerprint density at radius 2 is 1.54 bits per heavy atom. The zero-order chi connectivity index (χ0) is 8.89. The third-order valence-corrected chi connectivity index (χ3v) is 3.85.